The Bertz CT molecular complexity index is 990. The van der Waals surface area contributed by atoms with Gasteiger partial charge in [-0.15, -0.1) is 0 Å². The van der Waals surface area contributed by atoms with Gasteiger partial charge in [0, 0.05) is 36.1 Å². The highest BCUT2D eigenvalue weighted by atomic mass is 16.5. The zero-order valence-corrected chi connectivity index (χ0v) is 17.8. The molecule has 0 aromatic heterocycles. The molecule has 2 aromatic rings. The van der Waals surface area contributed by atoms with Crippen LogP contribution in [0.25, 0.3) is 6.08 Å². The highest BCUT2D eigenvalue weighted by Crippen LogP contribution is 2.35. The van der Waals surface area contributed by atoms with Crippen LogP contribution >= 0.6 is 0 Å². The molecule has 3 rings (SSSR count). The molecule has 1 heterocycles. The summed E-state index contributed by atoms with van der Waals surface area (Å²) >= 11 is 0. The number of nitrogens with zero attached hydrogens (tertiary/aromatic N) is 2. The molecule has 0 aliphatic carbocycles. The lowest BCUT2D eigenvalue weighted by molar-refractivity contribution is -0.112. The first-order valence-electron chi connectivity index (χ1n) is 9.75. The van der Waals surface area contributed by atoms with Crippen molar-refractivity contribution >= 4 is 23.4 Å². The van der Waals surface area contributed by atoms with Gasteiger partial charge in [-0.2, -0.15) is 5.26 Å². The number of carbonyl (C=O) groups excluding carboxylic acids is 1. The minimum atomic E-state index is -0.515. The van der Waals surface area contributed by atoms with E-state index in [1.165, 1.54) is 27.4 Å². The fourth-order valence-corrected chi connectivity index (χ4v) is 3.25. The van der Waals surface area contributed by atoms with E-state index in [1.807, 2.05) is 30.3 Å². The number of benzene rings is 2. The first kappa shape index (κ1) is 22.0. The summed E-state index contributed by atoms with van der Waals surface area (Å²) in [5, 5.41) is 12.3. The molecule has 0 radical (unpaired) electrons. The molecule has 0 unspecified atom stereocenters. The van der Waals surface area contributed by atoms with Crippen LogP contribution in [-0.4, -0.2) is 53.5 Å². The van der Waals surface area contributed by atoms with Gasteiger partial charge in [-0.1, -0.05) is 0 Å². The second kappa shape index (κ2) is 10.4. The third-order valence-electron chi connectivity index (χ3n) is 4.90. The first-order valence-corrected chi connectivity index (χ1v) is 9.75. The van der Waals surface area contributed by atoms with E-state index in [4.69, 9.17) is 18.9 Å². The lowest BCUT2D eigenvalue weighted by Crippen LogP contribution is -2.36. The molecule has 1 fully saturated rings. The maximum atomic E-state index is 12.7. The van der Waals surface area contributed by atoms with Gasteiger partial charge in [0.05, 0.1) is 34.5 Å². The molecule has 1 saturated heterocycles. The second-order valence-electron chi connectivity index (χ2n) is 6.72. The molecule has 1 aliphatic heterocycles. The molecule has 31 heavy (non-hydrogen) atoms. The minimum absolute atomic E-state index is 0.0669. The van der Waals surface area contributed by atoms with Crippen LogP contribution in [0.5, 0.6) is 17.2 Å². The van der Waals surface area contributed by atoms with Crippen LogP contribution in [0.3, 0.4) is 0 Å². The topological polar surface area (TPSA) is 93.1 Å². The zero-order chi connectivity index (χ0) is 22.2. The maximum Gasteiger partial charge on any atom is 0.266 e. The largest absolute Gasteiger partial charge is 0.496 e. The van der Waals surface area contributed by atoms with Crippen LogP contribution in [-0.2, 0) is 9.53 Å². The van der Waals surface area contributed by atoms with Crippen molar-refractivity contribution in [3.63, 3.8) is 0 Å². The first-order chi connectivity index (χ1) is 15.1. The van der Waals surface area contributed by atoms with Gasteiger partial charge in [0.1, 0.15) is 17.4 Å². The monoisotopic (exact) mass is 423 g/mol. The Balaban J connectivity index is 1.78. The normalized spacial score (nSPS) is 13.9. The molecule has 162 valence electrons. The molecule has 1 amide bonds. The highest BCUT2D eigenvalue weighted by Gasteiger charge is 2.15. The summed E-state index contributed by atoms with van der Waals surface area (Å²) in [4.78, 5) is 14.9. The number of nitriles is 1. The Kier molecular flexibility index (Phi) is 7.35. The van der Waals surface area contributed by atoms with Crippen molar-refractivity contribution in [3.05, 3.63) is 47.5 Å². The maximum absolute atomic E-state index is 12.7. The zero-order valence-electron chi connectivity index (χ0n) is 17.8. The number of nitrogens with one attached hydrogen (secondary N) is 1. The quantitative estimate of drug-likeness (QED) is 0.540. The summed E-state index contributed by atoms with van der Waals surface area (Å²) in [5.41, 5.74) is 2.12. The summed E-state index contributed by atoms with van der Waals surface area (Å²) in [7, 11) is 4.53. The van der Waals surface area contributed by atoms with Gasteiger partial charge < -0.3 is 29.2 Å². The molecule has 8 nitrogen and oxygen atoms in total. The molecule has 8 heteroatoms. The summed E-state index contributed by atoms with van der Waals surface area (Å²) in [6.45, 7) is 3.07. The molecule has 1 aliphatic rings. The van der Waals surface area contributed by atoms with Crippen LogP contribution in [0.4, 0.5) is 11.4 Å². The molecule has 0 bridgehead atoms. The summed E-state index contributed by atoms with van der Waals surface area (Å²) in [6, 6.07) is 12.7. The van der Waals surface area contributed by atoms with E-state index in [0.717, 1.165) is 18.8 Å². The van der Waals surface area contributed by atoms with Crippen molar-refractivity contribution in [2.24, 2.45) is 0 Å². The van der Waals surface area contributed by atoms with Crippen LogP contribution in [0.1, 0.15) is 5.56 Å². The minimum Gasteiger partial charge on any atom is -0.496 e. The van der Waals surface area contributed by atoms with Crippen LogP contribution < -0.4 is 24.4 Å². The SMILES string of the molecule is COc1cc(OC)c(OC)cc1/C=C(\C#N)C(=O)Nc1ccc(N2CCOCC2)cc1. The Morgan fingerprint density at radius 1 is 1.03 bits per heavy atom. The van der Waals surface area contributed by atoms with E-state index in [1.54, 1.807) is 12.1 Å². The Labute approximate surface area is 181 Å². The summed E-state index contributed by atoms with van der Waals surface area (Å²) in [6.07, 6.45) is 1.46. The molecule has 2 aromatic carbocycles. The highest BCUT2D eigenvalue weighted by molar-refractivity contribution is 6.10. The summed E-state index contributed by atoms with van der Waals surface area (Å²) < 4.78 is 21.3. The predicted octanol–water partition coefficient (Wildman–Crippen LogP) is 3.09. The number of rotatable bonds is 7. The van der Waals surface area contributed by atoms with Gasteiger partial charge in [0.2, 0.25) is 0 Å². The molecule has 0 saturated carbocycles. The third kappa shape index (κ3) is 5.27. The Morgan fingerprint density at radius 2 is 1.65 bits per heavy atom. The van der Waals surface area contributed by atoms with Crippen molar-refractivity contribution in [3.8, 4) is 23.3 Å². The van der Waals surface area contributed by atoms with Gasteiger partial charge in [-0.3, -0.25) is 4.79 Å². The van der Waals surface area contributed by atoms with Crippen molar-refractivity contribution in [1.82, 2.24) is 0 Å². The van der Waals surface area contributed by atoms with Crippen LogP contribution in [0.2, 0.25) is 0 Å². The van der Waals surface area contributed by atoms with Crippen molar-refractivity contribution in [1.29, 1.82) is 5.26 Å². The van der Waals surface area contributed by atoms with Crippen LogP contribution in [0, 0.1) is 11.3 Å². The smallest absolute Gasteiger partial charge is 0.266 e. The second-order valence-corrected chi connectivity index (χ2v) is 6.72. The van der Waals surface area contributed by atoms with Gasteiger partial charge >= 0.3 is 0 Å². The predicted molar refractivity (Wildman–Crippen MR) is 118 cm³/mol. The summed E-state index contributed by atoms with van der Waals surface area (Å²) in [5.74, 6) is 0.886. The standard InChI is InChI=1S/C23H25N3O5/c1-28-20-14-22(30-3)21(29-2)13-16(20)12-17(15-24)23(27)25-18-4-6-19(7-5-18)26-8-10-31-11-9-26/h4-7,12-14H,8-11H2,1-3H3,(H,25,27)/b17-12+. The Hall–Kier alpha value is -3.70. The van der Waals surface area contributed by atoms with E-state index in [-0.39, 0.29) is 5.57 Å². The van der Waals surface area contributed by atoms with E-state index >= 15 is 0 Å². The van der Waals surface area contributed by atoms with Gasteiger partial charge in [0.25, 0.3) is 5.91 Å². The molecular weight excluding hydrogens is 398 g/mol. The molecule has 1 N–H and O–H groups in total. The van der Waals surface area contributed by atoms with Crippen molar-refractivity contribution < 1.29 is 23.7 Å². The van der Waals surface area contributed by atoms with E-state index in [9.17, 15) is 10.1 Å². The van der Waals surface area contributed by atoms with Crippen molar-refractivity contribution in [2.75, 3.05) is 57.8 Å². The average molecular weight is 423 g/mol. The molecular formula is C23H25N3O5. The lowest BCUT2D eigenvalue weighted by Gasteiger charge is -2.28. The number of methoxy groups -OCH3 is 3. The number of morpholine rings is 1. The number of amides is 1. The number of anilines is 2. The van der Waals surface area contributed by atoms with Crippen LogP contribution in [0.15, 0.2) is 42.0 Å². The number of hydrogen-bond acceptors (Lipinski definition) is 7. The fourth-order valence-electron chi connectivity index (χ4n) is 3.25. The number of carbonyl (C=O) groups is 1. The third-order valence-corrected chi connectivity index (χ3v) is 4.90. The van der Waals surface area contributed by atoms with E-state index in [0.29, 0.717) is 41.7 Å². The van der Waals surface area contributed by atoms with Gasteiger partial charge in [0.15, 0.2) is 11.5 Å². The Morgan fingerprint density at radius 3 is 2.23 bits per heavy atom. The average Bonchev–Trinajstić information content (AvgIpc) is 2.82. The van der Waals surface area contributed by atoms with E-state index in [2.05, 4.69) is 10.2 Å². The number of ether oxygens (including phenoxy) is 4. The molecule has 0 atom stereocenters. The lowest BCUT2D eigenvalue weighted by atomic mass is 10.1. The van der Waals surface area contributed by atoms with Gasteiger partial charge in [-0.05, 0) is 36.4 Å². The fraction of sp³-hybridized carbons (Fsp3) is 0.304. The van der Waals surface area contributed by atoms with Crippen molar-refractivity contribution in [2.45, 2.75) is 0 Å². The number of hydrogen-bond donors (Lipinski definition) is 1. The van der Waals surface area contributed by atoms with Gasteiger partial charge in [-0.25, -0.2) is 0 Å². The molecule has 0 spiro atoms. The van der Waals surface area contributed by atoms with E-state index < -0.39 is 5.91 Å².